The lowest BCUT2D eigenvalue weighted by Crippen LogP contribution is -2.37. The van der Waals surface area contributed by atoms with Crippen molar-refractivity contribution < 1.29 is 19.6 Å². The number of carbonyl (C=O) groups is 2. The van der Waals surface area contributed by atoms with Gasteiger partial charge in [0.15, 0.2) is 0 Å². The summed E-state index contributed by atoms with van der Waals surface area (Å²) in [4.78, 5) is 37.7. The largest absolute Gasteiger partial charge is 0.478 e. The smallest absolute Gasteiger partial charge is 0.339 e. The lowest BCUT2D eigenvalue weighted by atomic mass is 10.2. The molecule has 20 heavy (non-hydrogen) atoms. The number of likely N-dealkylation sites (N-methyl/N-ethyl adjacent to an activating group) is 1. The van der Waals surface area contributed by atoms with Crippen LogP contribution in [0.15, 0.2) is 12.3 Å². The van der Waals surface area contributed by atoms with Crippen LogP contribution in [0.1, 0.15) is 17.3 Å². The zero-order chi connectivity index (χ0) is 15.4. The summed E-state index contributed by atoms with van der Waals surface area (Å²) in [6.07, 6.45) is 0.932. The molecule has 0 radical (unpaired) electrons. The normalized spacial score (nSPS) is 11.6. The first-order valence-corrected chi connectivity index (χ1v) is 5.59. The maximum atomic E-state index is 11.7. The molecule has 1 heterocycles. The van der Waals surface area contributed by atoms with E-state index in [-0.39, 0.29) is 17.3 Å². The van der Waals surface area contributed by atoms with Gasteiger partial charge in [-0.2, -0.15) is 0 Å². The number of amides is 1. The molecular weight excluding hydrogens is 268 g/mol. The minimum atomic E-state index is -1.37. The average molecular weight is 282 g/mol. The first-order valence-electron chi connectivity index (χ1n) is 5.59. The first-order chi connectivity index (χ1) is 9.23. The number of nitrogens with one attached hydrogen (secondary N) is 1. The van der Waals surface area contributed by atoms with Crippen molar-refractivity contribution in [3.05, 3.63) is 27.9 Å². The number of hydrogen-bond acceptors (Lipinski definition) is 6. The second-order valence-electron chi connectivity index (χ2n) is 4.25. The number of pyridine rings is 1. The SMILES string of the molecule is CC(Nc1ncc([N+](=O)[O-])cc1C(=O)O)C(=O)N(C)C. The summed E-state index contributed by atoms with van der Waals surface area (Å²) < 4.78 is 0. The molecule has 108 valence electrons. The highest BCUT2D eigenvalue weighted by atomic mass is 16.6. The molecule has 9 heteroatoms. The van der Waals surface area contributed by atoms with E-state index in [0.717, 1.165) is 12.3 Å². The number of carboxylic acid groups (broad SMARTS) is 1. The van der Waals surface area contributed by atoms with Crippen molar-refractivity contribution in [3.63, 3.8) is 0 Å². The van der Waals surface area contributed by atoms with Gasteiger partial charge in [0, 0.05) is 20.2 Å². The minimum absolute atomic E-state index is 0.0919. The van der Waals surface area contributed by atoms with Gasteiger partial charge in [0.1, 0.15) is 23.6 Å². The molecule has 0 aliphatic carbocycles. The van der Waals surface area contributed by atoms with Gasteiger partial charge < -0.3 is 15.3 Å². The van der Waals surface area contributed by atoms with E-state index in [0.29, 0.717) is 0 Å². The summed E-state index contributed by atoms with van der Waals surface area (Å²) in [5.74, 6) is -1.74. The van der Waals surface area contributed by atoms with E-state index in [1.807, 2.05) is 0 Å². The molecule has 0 aliphatic rings. The van der Waals surface area contributed by atoms with Gasteiger partial charge in [0.2, 0.25) is 5.91 Å². The van der Waals surface area contributed by atoms with E-state index in [2.05, 4.69) is 10.3 Å². The van der Waals surface area contributed by atoms with Gasteiger partial charge in [0.05, 0.1) is 4.92 Å². The zero-order valence-electron chi connectivity index (χ0n) is 11.2. The lowest BCUT2D eigenvalue weighted by Gasteiger charge is -2.19. The summed E-state index contributed by atoms with van der Waals surface area (Å²) in [6, 6.07) is 0.182. The number of aromatic carboxylic acids is 1. The van der Waals surface area contributed by atoms with Crippen LogP contribution < -0.4 is 5.32 Å². The third-order valence-corrected chi connectivity index (χ3v) is 2.48. The number of anilines is 1. The highest BCUT2D eigenvalue weighted by Gasteiger charge is 2.21. The van der Waals surface area contributed by atoms with Crippen molar-refractivity contribution >= 4 is 23.4 Å². The van der Waals surface area contributed by atoms with Crippen LogP contribution in [0.4, 0.5) is 11.5 Å². The van der Waals surface area contributed by atoms with Crippen LogP contribution in [0.25, 0.3) is 0 Å². The van der Waals surface area contributed by atoms with Gasteiger partial charge in [-0.3, -0.25) is 14.9 Å². The quantitative estimate of drug-likeness (QED) is 0.597. The van der Waals surface area contributed by atoms with E-state index < -0.39 is 22.6 Å². The number of nitro groups is 1. The Morgan fingerprint density at radius 2 is 2.10 bits per heavy atom. The van der Waals surface area contributed by atoms with E-state index in [1.54, 1.807) is 14.1 Å². The van der Waals surface area contributed by atoms with Crippen LogP contribution in [0.2, 0.25) is 0 Å². The van der Waals surface area contributed by atoms with Crippen LogP contribution in [0.3, 0.4) is 0 Å². The van der Waals surface area contributed by atoms with Crippen LogP contribution in [0, 0.1) is 10.1 Å². The monoisotopic (exact) mass is 282 g/mol. The van der Waals surface area contributed by atoms with Crippen LogP contribution in [0.5, 0.6) is 0 Å². The highest BCUT2D eigenvalue weighted by Crippen LogP contribution is 2.20. The Balaban J connectivity index is 3.09. The average Bonchev–Trinajstić information content (AvgIpc) is 2.37. The number of carboxylic acids is 1. The Kier molecular flexibility index (Phi) is 4.57. The molecule has 0 fully saturated rings. The topological polar surface area (TPSA) is 126 Å². The molecule has 1 aromatic heterocycles. The molecule has 1 amide bonds. The van der Waals surface area contributed by atoms with Crippen molar-refractivity contribution in [2.75, 3.05) is 19.4 Å². The number of nitrogens with zero attached hydrogens (tertiary/aromatic N) is 3. The van der Waals surface area contributed by atoms with Crippen LogP contribution in [-0.4, -0.2) is 51.9 Å². The first kappa shape index (κ1) is 15.3. The third-order valence-electron chi connectivity index (χ3n) is 2.48. The molecule has 9 nitrogen and oxygen atoms in total. The van der Waals surface area contributed by atoms with E-state index in [4.69, 9.17) is 5.11 Å². The number of rotatable bonds is 5. The van der Waals surface area contributed by atoms with Crippen molar-refractivity contribution in [1.82, 2.24) is 9.88 Å². The van der Waals surface area contributed by atoms with Crippen molar-refractivity contribution in [2.24, 2.45) is 0 Å². The number of hydrogen-bond donors (Lipinski definition) is 2. The molecule has 1 unspecified atom stereocenters. The zero-order valence-corrected chi connectivity index (χ0v) is 11.2. The molecule has 0 saturated carbocycles. The van der Waals surface area contributed by atoms with E-state index >= 15 is 0 Å². The van der Waals surface area contributed by atoms with Crippen molar-refractivity contribution in [3.8, 4) is 0 Å². The number of aromatic nitrogens is 1. The Hall–Kier alpha value is -2.71. The molecule has 0 aromatic carbocycles. The maximum absolute atomic E-state index is 11.7. The fourth-order valence-electron chi connectivity index (χ4n) is 1.49. The highest BCUT2D eigenvalue weighted by molar-refractivity contribution is 5.95. The van der Waals surface area contributed by atoms with Gasteiger partial charge in [0.25, 0.3) is 5.69 Å². The van der Waals surface area contributed by atoms with Crippen LogP contribution in [-0.2, 0) is 4.79 Å². The second-order valence-corrected chi connectivity index (χ2v) is 4.25. The third kappa shape index (κ3) is 3.40. The predicted molar refractivity (Wildman–Crippen MR) is 69.6 cm³/mol. The standard InChI is InChI=1S/C11H14N4O5/c1-6(10(16)14(2)3)13-9-8(11(17)18)4-7(5-12-9)15(19)20/h4-6H,1-3H3,(H,12,13)(H,17,18). The van der Waals surface area contributed by atoms with E-state index in [1.165, 1.54) is 11.8 Å². The summed E-state index contributed by atoms with van der Waals surface area (Å²) in [5, 5.41) is 22.3. The molecule has 0 saturated heterocycles. The minimum Gasteiger partial charge on any atom is -0.478 e. The fourth-order valence-corrected chi connectivity index (χ4v) is 1.49. The lowest BCUT2D eigenvalue weighted by molar-refractivity contribution is -0.385. The van der Waals surface area contributed by atoms with Gasteiger partial charge in [-0.1, -0.05) is 0 Å². The molecule has 0 aliphatic heterocycles. The molecular formula is C11H14N4O5. The van der Waals surface area contributed by atoms with E-state index in [9.17, 15) is 19.7 Å². The molecule has 1 atom stereocenters. The number of carbonyl (C=O) groups excluding carboxylic acids is 1. The van der Waals surface area contributed by atoms with Gasteiger partial charge in [-0.25, -0.2) is 9.78 Å². The fraction of sp³-hybridized carbons (Fsp3) is 0.364. The Morgan fingerprint density at radius 1 is 1.50 bits per heavy atom. The Labute approximate surface area is 114 Å². The van der Waals surface area contributed by atoms with Gasteiger partial charge in [-0.15, -0.1) is 0 Å². The Morgan fingerprint density at radius 3 is 2.55 bits per heavy atom. The molecule has 1 aromatic rings. The molecule has 0 bridgehead atoms. The summed E-state index contributed by atoms with van der Waals surface area (Å²) in [7, 11) is 3.11. The van der Waals surface area contributed by atoms with Crippen molar-refractivity contribution in [1.29, 1.82) is 0 Å². The maximum Gasteiger partial charge on any atom is 0.339 e. The molecule has 1 rings (SSSR count). The summed E-state index contributed by atoms with van der Waals surface area (Å²) >= 11 is 0. The second kappa shape index (κ2) is 5.95. The summed E-state index contributed by atoms with van der Waals surface area (Å²) in [6.45, 7) is 1.54. The molecule has 0 spiro atoms. The Bertz CT molecular complexity index is 558. The van der Waals surface area contributed by atoms with Crippen LogP contribution >= 0.6 is 0 Å². The molecule has 2 N–H and O–H groups in total. The summed E-state index contributed by atoms with van der Waals surface area (Å²) in [5.41, 5.74) is -0.794. The van der Waals surface area contributed by atoms with Crippen molar-refractivity contribution in [2.45, 2.75) is 13.0 Å². The van der Waals surface area contributed by atoms with Gasteiger partial charge >= 0.3 is 5.97 Å². The van der Waals surface area contributed by atoms with Gasteiger partial charge in [-0.05, 0) is 6.92 Å². The predicted octanol–water partition coefficient (Wildman–Crippen LogP) is 0.577.